The molecule has 0 aromatic carbocycles. The van der Waals surface area contributed by atoms with Crippen LogP contribution >= 0.6 is 0 Å². The van der Waals surface area contributed by atoms with E-state index in [0.717, 1.165) is 20.4 Å². The Morgan fingerprint density at radius 1 is 1.38 bits per heavy atom. The van der Waals surface area contributed by atoms with Gasteiger partial charge in [-0.25, -0.2) is 4.79 Å². The van der Waals surface area contributed by atoms with Crippen LogP contribution in [-0.4, -0.2) is 39.4 Å². The van der Waals surface area contributed by atoms with Crippen LogP contribution in [0.4, 0.5) is 4.79 Å². The minimum Gasteiger partial charge on any atom is 0 e. The normalized spacial score (nSPS) is 3.38. The topological polar surface area (TPSA) is 74.6 Å². The maximum Gasteiger partial charge on any atom is 0 e. The summed E-state index contributed by atoms with van der Waals surface area (Å²) in [6.07, 6.45) is -1.83. The van der Waals surface area contributed by atoms with E-state index in [9.17, 15) is 0 Å². The third kappa shape index (κ3) is 150. The molecule has 0 fully saturated rings. The van der Waals surface area contributed by atoms with Crippen molar-refractivity contribution >= 4 is 29.2 Å². The SMILES string of the molecule is O=C(O)O.[H-].[H-].[Mg+2].[O]=[Ti].[Zr]. The van der Waals surface area contributed by atoms with Crippen LogP contribution in [0.5, 0.6) is 0 Å². The fraction of sp³-hybridized carbons (Fsp3) is 0. The molecular formula is CH4MgO4TiZr. The molecule has 0 aromatic rings. The molecule has 8 heavy (non-hydrogen) atoms. The van der Waals surface area contributed by atoms with Crippen LogP contribution in [0, 0.1) is 0 Å². The van der Waals surface area contributed by atoms with Crippen LogP contribution in [0.15, 0.2) is 0 Å². The van der Waals surface area contributed by atoms with Crippen LogP contribution in [0.25, 0.3) is 0 Å². The van der Waals surface area contributed by atoms with Gasteiger partial charge in [-0.15, -0.1) is 0 Å². The predicted octanol–water partition coefficient (Wildman–Crippen LogP) is -0.0572. The van der Waals surface area contributed by atoms with Gasteiger partial charge in [-0.3, -0.25) is 0 Å². The minimum atomic E-state index is -1.83. The molecule has 0 unspecified atom stereocenters. The first-order valence-electron chi connectivity index (χ1n) is 0.855. The van der Waals surface area contributed by atoms with E-state index >= 15 is 0 Å². The minimum absolute atomic E-state index is 0. The summed E-state index contributed by atoms with van der Waals surface area (Å²) in [6.45, 7) is 0. The van der Waals surface area contributed by atoms with E-state index in [1.54, 1.807) is 0 Å². The average Bonchev–Trinajstić information content (AvgIpc) is 1.41. The number of hydrogen-bond donors (Lipinski definition) is 2. The Kier molecular flexibility index (Phi) is 67.3. The molecule has 0 aliphatic rings. The van der Waals surface area contributed by atoms with E-state index in [0.29, 0.717) is 0 Å². The van der Waals surface area contributed by atoms with Crippen molar-refractivity contribution in [3.05, 3.63) is 0 Å². The summed E-state index contributed by atoms with van der Waals surface area (Å²) < 4.78 is 8.25. The molecule has 0 radical (unpaired) electrons. The van der Waals surface area contributed by atoms with Gasteiger partial charge in [0, 0.05) is 26.2 Å². The van der Waals surface area contributed by atoms with Crippen molar-refractivity contribution < 1.29 is 67.8 Å². The van der Waals surface area contributed by atoms with E-state index in [1.165, 1.54) is 0 Å². The van der Waals surface area contributed by atoms with Crippen LogP contribution in [0.1, 0.15) is 2.85 Å². The van der Waals surface area contributed by atoms with Gasteiger partial charge in [-0.2, -0.15) is 0 Å². The Balaban J connectivity index is -0.00000000625. The Morgan fingerprint density at radius 2 is 1.38 bits per heavy atom. The largest absolute Gasteiger partial charge is 0 e. The smallest absolute Gasteiger partial charge is 0 e. The van der Waals surface area contributed by atoms with E-state index in [4.69, 9.17) is 18.3 Å². The molecule has 42 valence electrons. The van der Waals surface area contributed by atoms with Gasteiger partial charge in [0.1, 0.15) is 0 Å². The average molecular weight is 243 g/mol. The Morgan fingerprint density at radius 3 is 1.38 bits per heavy atom. The zero-order chi connectivity index (χ0) is 5.58. The quantitative estimate of drug-likeness (QED) is 0.585. The molecule has 0 saturated heterocycles. The Hall–Kier alpha value is 1.43. The van der Waals surface area contributed by atoms with Crippen molar-refractivity contribution in [2.24, 2.45) is 0 Å². The second-order valence-corrected chi connectivity index (χ2v) is 0.283. The van der Waals surface area contributed by atoms with E-state index in [-0.39, 0.29) is 52.1 Å². The van der Waals surface area contributed by atoms with E-state index in [1.807, 2.05) is 0 Å². The summed E-state index contributed by atoms with van der Waals surface area (Å²) in [5, 5.41) is 13.9. The standard InChI is InChI=1S/CH2O3.Mg.O.Ti.Zr.2H/c2-1(3)4;;;;;;/h(H2,2,3,4);;;;;;/q;+2;;;;2*-1. The molecule has 0 spiro atoms. The monoisotopic (exact) mass is 242 g/mol. The molecule has 0 heterocycles. The molecule has 0 aromatic heterocycles. The molecule has 0 aliphatic carbocycles. The van der Waals surface area contributed by atoms with Gasteiger partial charge in [0.15, 0.2) is 0 Å². The van der Waals surface area contributed by atoms with E-state index in [2.05, 4.69) is 0 Å². The van der Waals surface area contributed by atoms with Crippen LogP contribution in [0.2, 0.25) is 0 Å². The van der Waals surface area contributed by atoms with Gasteiger partial charge in [0.25, 0.3) is 0 Å². The van der Waals surface area contributed by atoms with Gasteiger partial charge in [0.2, 0.25) is 0 Å². The van der Waals surface area contributed by atoms with Crippen molar-refractivity contribution in [1.29, 1.82) is 0 Å². The third-order valence-electron chi connectivity index (χ3n) is 0. The number of hydrogen-bond acceptors (Lipinski definition) is 2. The Bertz CT molecular complexity index is 54.5. The molecule has 0 aliphatic heterocycles. The summed E-state index contributed by atoms with van der Waals surface area (Å²) in [5.74, 6) is 0. The Labute approximate surface area is 96.0 Å². The fourth-order valence-corrected chi connectivity index (χ4v) is 0. The van der Waals surface area contributed by atoms with Crippen molar-refractivity contribution in [1.82, 2.24) is 0 Å². The van der Waals surface area contributed by atoms with Gasteiger partial charge in [-0.05, 0) is 0 Å². The molecule has 2 N–H and O–H groups in total. The van der Waals surface area contributed by atoms with E-state index < -0.39 is 6.16 Å². The van der Waals surface area contributed by atoms with Crippen LogP contribution in [0.3, 0.4) is 0 Å². The second kappa shape index (κ2) is 23.7. The molecule has 4 nitrogen and oxygen atoms in total. The maximum atomic E-state index is 8.56. The van der Waals surface area contributed by atoms with Crippen molar-refractivity contribution in [3.8, 4) is 0 Å². The molecule has 0 saturated carbocycles. The first-order chi connectivity index (χ1) is 2.73. The van der Waals surface area contributed by atoms with Gasteiger partial charge >= 0.3 is 52.9 Å². The van der Waals surface area contributed by atoms with Crippen molar-refractivity contribution in [2.45, 2.75) is 0 Å². The summed E-state index contributed by atoms with van der Waals surface area (Å²) in [5.41, 5.74) is 0. The molecule has 0 amide bonds. The first kappa shape index (κ1) is 22.7. The van der Waals surface area contributed by atoms with Crippen molar-refractivity contribution in [3.63, 3.8) is 0 Å². The summed E-state index contributed by atoms with van der Waals surface area (Å²) in [6, 6.07) is 0. The first-order valence-corrected chi connectivity index (χ1v) is 1.49. The zero-order valence-electron chi connectivity index (χ0n) is 5.92. The van der Waals surface area contributed by atoms with Crippen LogP contribution in [-0.2, 0) is 49.9 Å². The number of carbonyl (C=O) groups is 1. The summed E-state index contributed by atoms with van der Waals surface area (Å²) in [4.78, 5) is 8.56. The molecular weight excluding hydrogens is 239 g/mol. The molecule has 0 rings (SSSR count). The molecule has 7 heteroatoms. The summed E-state index contributed by atoms with van der Waals surface area (Å²) >= 11 is 0.750. The maximum absolute atomic E-state index is 8.56. The molecule has 0 bridgehead atoms. The summed E-state index contributed by atoms with van der Waals surface area (Å²) in [7, 11) is 0. The van der Waals surface area contributed by atoms with Crippen molar-refractivity contribution in [2.75, 3.05) is 0 Å². The number of rotatable bonds is 0. The predicted molar refractivity (Wildman–Crippen MR) is 19.3 cm³/mol. The zero-order valence-corrected chi connectivity index (χ0v) is 9.35. The number of carboxylic acid groups (broad SMARTS) is 2. The van der Waals surface area contributed by atoms with Gasteiger partial charge in [0.05, 0.1) is 0 Å². The fourth-order valence-electron chi connectivity index (χ4n) is 0. The van der Waals surface area contributed by atoms with Crippen LogP contribution < -0.4 is 0 Å². The second-order valence-electron chi connectivity index (χ2n) is 0.283. The van der Waals surface area contributed by atoms with Gasteiger partial charge < -0.3 is 13.1 Å². The third-order valence-corrected chi connectivity index (χ3v) is 0. The van der Waals surface area contributed by atoms with Gasteiger partial charge in [-0.1, -0.05) is 0 Å². The molecule has 0 atom stereocenters.